The second-order valence-corrected chi connectivity index (χ2v) is 7.40. The summed E-state index contributed by atoms with van der Waals surface area (Å²) in [6, 6.07) is 18.8. The van der Waals surface area contributed by atoms with Gasteiger partial charge in [0.2, 0.25) is 0 Å². The van der Waals surface area contributed by atoms with Gasteiger partial charge in [-0.2, -0.15) is 0 Å². The number of aliphatic imine (C=N–C) groups is 1. The van der Waals surface area contributed by atoms with Crippen molar-refractivity contribution in [2.75, 3.05) is 11.6 Å². The van der Waals surface area contributed by atoms with E-state index in [1.54, 1.807) is 6.20 Å². The molecule has 30 heavy (non-hydrogen) atoms. The summed E-state index contributed by atoms with van der Waals surface area (Å²) in [5.41, 5.74) is 8.77. The van der Waals surface area contributed by atoms with E-state index in [1.165, 1.54) is 5.69 Å². The van der Waals surface area contributed by atoms with Crippen LogP contribution in [0, 0.1) is 6.92 Å². The largest absolute Gasteiger partial charge is 0.347 e. The SMILES string of the molecule is Cc1cc(-c2ccc(CN3CN=Cc4ccc(-c5cccnc5)cc43)cn2)ccn1. The molecule has 0 amide bonds. The van der Waals surface area contributed by atoms with Crippen molar-refractivity contribution in [2.45, 2.75) is 13.5 Å². The molecule has 0 aliphatic carbocycles. The molecule has 1 aliphatic heterocycles. The summed E-state index contributed by atoms with van der Waals surface area (Å²) in [6.45, 7) is 3.38. The van der Waals surface area contributed by atoms with Gasteiger partial charge in [0.25, 0.3) is 0 Å². The third-order valence-electron chi connectivity index (χ3n) is 5.24. The molecule has 1 aliphatic rings. The highest BCUT2D eigenvalue weighted by molar-refractivity contribution is 5.91. The number of fused-ring (bicyclic) bond motifs is 1. The number of pyridine rings is 3. The Labute approximate surface area is 175 Å². The van der Waals surface area contributed by atoms with Crippen LogP contribution in [0.2, 0.25) is 0 Å². The Morgan fingerprint density at radius 2 is 1.83 bits per heavy atom. The summed E-state index contributed by atoms with van der Waals surface area (Å²) in [4.78, 5) is 20.0. The zero-order chi connectivity index (χ0) is 20.3. The number of hydrogen-bond acceptors (Lipinski definition) is 5. The Bertz CT molecular complexity index is 1200. The predicted molar refractivity (Wildman–Crippen MR) is 121 cm³/mol. The van der Waals surface area contributed by atoms with E-state index in [1.807, 2.05) is 43.9 Å². The molecule has 4 aromatic rings. The van der Waals surface area contributed by atoms with E-state index >= 15 is 0 Å². The molecule has 4 heterocycles. The van der Waals surface area contributed by atoms with Crippen LogP contribution in [0.15, 0.2) is 84.4 Å². The summed E-state index contributed by atoms with van der Waals surface area (Å²) in [7, 11) is 0. The van der Waals surface area contributed by atoms with Crippen LogP contribution in [0.4, 0.5) is 5.69 Å². The number of aromatic nitrogens is 3. The van der Waals surface area contributed by atoms with Gasteiger partial charge in [0.1, 0.15) is 6.67 Å². The lowest BCUT2D eigenvalue weighted by atomic mass is 10.0. The number of nitrogens with zero attached hydrogens (tertiary/aromatic N) is 5. The molecule has 146 valence electrons. The number of aryl methyl sites for hydroxylation is 1. The first-order chi connectivity index (χ1) is 14.8. The first kappa shape index (κ1) is 18.2. The molecule has 1 aromatic carbocycles. The van der Waals surface area contributed by atoms with Gasteiger partial charge in [-0.3, -0.25) is 19.9 Å². The average Bonchev–Trinajstić information content (AvgIpc) is 2.80. The second kappa shape index (κ2) is 7.87. The molecular weight excluding hydrogens is 370 g/mol. The maximum absolute atomic E-state index is 4.68. The molecule has 0 spiro atoms. The van der Waals surface area contributed by atoms with Crippen molar-refractivity contribution in [2.24, 2.45) is 4.99 Å². The fraction of sp³-hybridized carbons (Fsp3) is 0.120. The average molecular weight is 391 g/mol. The van der Waals surface area contributed by atoms with Crippen molar-refractivity contribution in [3.63, 3.8) is 0 Å². The van der Waals surface area contributed by atoms with Crippen molar-refractivity contribution in [1.29, 1.82) is 0 Å². The van der Waals surface area contributed by atoms with Gasteiger partial charge < -0.3 is 4.90 Å². The standard InChI is InChI=1S/C25H21N5/c1-18-11-21(8-10-28-18)24-7-4-19(13-29-24)16-30-17-27-15-23-6-5-20(12-25(23)30)22-3-2-9-26-14-22/h2-15H,16-17H2,1H3. The smallest absolute Gasteiger partial charge is 0.110 e. The Morgan fingerprint density at radius 1 is 0.867 bits per heavy atom. The van der Waals surface area contributed by atoms with Crippen LogP contribution in [-0.4, -0.2) is 27.8 Å². The maximum Gasteiger partial charge on any atom is 0.110 e. The van der Waals surface area contributed by atoms with E-state index in [2.05, 4.69) is 67.3 Å². The number of rotatable bonds is 4. The lowest BCUT2D eigenvalue weighted by Gasteiger charge is -2.28. The second-order valence-electron chi connectivity index (χ2n) is 7.40. The van der Waals surface area contributed by atoms with Gasteiger partial charge in [0.15, 0.2) is 0 Å². The van der Waals surface area contributed by atoms with Crippen molar-refractivity contribution in [3.05, 3.63) is 96.2 Å². The van der Waals surface area contributed by atoms with E-state index in [-0.39, 0.29) is 0 Å². The maximum atomic E-state index is 4.68. The fourth-order valence-electron chi connectivity index (χ4n) is 3.70. The molecule has 0 saturated heterocycles. The molecule has 5 nitrogen and oxygen atoms in total. The first-order valence-corrected chi connectivity index (χ1v) is 9.93. The first-order valence-electron chi connectivity index (χ1n) is 9.93. The normalized spacial score (nSPS) is 12.6. The van der Waals surface area contributed by atoms with Crippen LogP contribution in [0.5, 0.6) is 0 Å². The van der Waals surface area contributed by atoms with Crippen LogP contribution in [0.1, 0.15) is 16.8 Å². The third kappa shape index (κ3) is 3.70. The van der Waals surface area contributed by atoms with E-state index in [4.69, 9.17) is 0 Å². The summed E-state index contributed by atoms with van der Waals surface area (Å²) in [6.07, 6.45) is 9.42. The molecule has 0 saturated carbocycles. The highest BCUT2D eigenvalue weighted by Gasteiger charge is 2.16. The van der Waals surface area contributed by atoms with Gasteiger partial charge in [-0.15, -0.1) is 0 Å². The van der Waals surface area contributed by atoms with Crippen molar-refractivity contribution in [3.8, 4) is 22.4 Å². The number of anilines is 1. The van der Waals surface area contributed by atoms with Crippen LogP contribution >= 0.6 is 0 Å². The lowest BCUT2D eigenvalue weighted by molar-refractivity contribution is 0.803. The number of hydrogen-bond donors (Lipinski definition) is 0. The highest BCUT2D eigenvalue weighted by atomic mass is 15.2. The molecule has 0 fully saturated rings. The molecule has 0 atom stereocenters. The monoisotopic (exact) mass is 391 g/mol. The molecule has 5 heteroatoms. The van der Waals surface area contributed by atoms with Crippen molar-refractivity contribution >= 4 is 11.9 Å². The molecule has 0 bridgehead atoms. The van der Waals surface area contributed by atoms with E-state index in [0.29, 0.717) is 6.67 Å². The summed E-state index contributed by atoms with van der Waals surface area (Å²) in [5, 5.41) is 0. The van der Waals surface area contributed by atoms with Gasteiger partial charge >= 0.3 is 0 Å². The molecule has 3 aromatic heterocycles. The third-order valence-corrected chi connectivity index (χ3v) is 5.24. The topological polar surface area (TPSA) is 54.3 Å². The Balaban J connectivity index is 1.40. The summed E-state index contributed by atoms with van der Waals surface area (Å²) in [5.74, 6) is 0. The molecule has 0 unspecified atom stereocenters. The van der Waals surface area contributed by atoms with Crippen LogP contribution in [0.3, 0.4) is 0 Å². The highest BCUT2D eigenvalue weighted by Crippen LogP contribution is 2.30. The molecule has 5 rings (SSSR count). The van der Waals surface area contributed by atoms with E-state index < -0.39 is 0 Å². The Hall–Kier alpha value is -3.86. The summed E-state index contributed by atoms with van der Waals surface area (Å²) >= 11 is 0. The minimum absolute atomic E-state index is 0.634. The minimum Gasteiger partial charge on any atom is -0.347 e. The van der Waals surface area contributed by atoms with Crippen LogP contribution < -0.4 is 4.90 Å². The van der Waals surface area contributed by atoms with Crippen LogP contribution in [-0.2, 0) is 6.54 Å². The van der Waals surface area contributed by atoms with Gasteiger partial charge in [0.05, 0.1) is 5.69 Å². The van der Waals surface area contributed by atoms with E-state index in [9.17, 15) is 0 Å². The number of benzene rings is 1. The molecular formula is C25H21N5. The Morgan fingerprint density at radius 3 is 2.63 bits per heavy atom. The predicted octanol–water partition coefficient (Wildman–Crippen LogP) is 4.91. The van der Waals surface area contributed by atoms with Gasteiger partial charge in [0, 0.05) is 65.6 Å². The van der Waals surface area contributed by atoms with Gasteiger partial charge in [-0.05, 0) is 48.4 Å². The minimum atomic E-state index is 0.634. The quantitative estimate of drug-likeness (QED) is 0.496. The van der Waals surface area contributed by atoms with Gasteiger partial charge in [-0.1, -0.05) is 24.3 Å². The molecule has 0 radical (unpaired) electrons. The molecule has 0 N–H and O–H groups in total. The fourth-order valence-corrected chi connectivity index (χ4v) is 3.70. The van der Waals surface area contributed by atoms with E-state index in [0.717, 1.165) is 45.7 Å². The van der Waals surface area contributed by atoms with Crippen LogP contribution in [0.25, 0.3) is 22.4 Å². The van der Waals surface area contributed by atoms with Crippen molar-refractivity contribution < 1.29 is 0 Å². The zero-order valence-corrected chi connectivity index (χ0v) is 16.7. The van der Waals surface area contributed by atoms with Crippen molar-refractivity contribution in [1.82, 2.24) is 15.0 Å². The lowest BCUT2D eigenvalue weighted by Crippen LogP contribution is -2.26. The zero-order valence-electron chi connectivity index (χ0n) is 16.7. The summed E-state index contributed by atoms with van der Waals surface area (Å²) < 4.78 is 0. The Kier molecular flexibility index (Phi) is 4.77. The van der Waals surface area contributed by atoms with Gasteiger partial charge in [-0.25, -0.2) is 0 Å².